The second-order valence-electron chi connectivity index (χ2n) is 8.19. The molecule has 0 unspecified atom stereocenters. The molecule has 9 nitrogen and oxygen atoms in total. The minimum atomic E-state index is -3.25. The van der Waals surface area contributed by atoms with Gasteiger partial charge in [-0.25, -0.2) is 0 Å². The van der Waals surface area contributed by atoms with Gasteiger partial charge in [-0.3, -0.25) is 0 Å². The first-order valence-corrected chi connectivity index (χ1v) is 13.7. The van der Waals surface area contributed by atoms with E-state index in [1.165, 1.54) is 69.8 Å². The molecule has 0 aromatic rings. The first-order valence-electron chi connectivity index (χ1n) is 10.8. The van der Waals surface area contributed by atoms with Crippen molar-refractivity contribution in [2.75, 3.05) is 0 Å². The minimum Gasteiger partial charge on any atom is -0.868 e. The van der Waals surface area contributed by atoms with Crippen molar-refractivity contribution in [3.63, 3.8) is 0 Å². The average Bonchev–Trinajstić information content (AvgIpc) is 2.79. The van der Waals surface area contributed by atoms with Crippen molar-refractivity contribution in [1.29, 1.82) is 15.8 Å². The molecule has 0 aromatic carbocycles. The Morgan fingerprint density at radius 3 is 1.13 bits per heavy atom. The zero-order valence-electron chi connectivity index (χ0n) is 20.7. The summed E-state index contributed by atoms with van der Waals surface area (Å²) >= 11 is 0. The Hall–Kier alpha value is -1.49. The molecule has 0 fully saturated rings. The molecule has 0 aliphatic rings. The Bertz CT molecular complexity index is 536. The molecule has 0 spiro atoms. The molecule has 11 heteroatoms. The largest absolute Gasteiger partial charge is 0.868 e. The van der Waals surface area contributed by atoms with Crippen LogP contribution >= 0.6 is 0 Å². The number of nitriles is 3. The van der Waals surface area contributed by atoms with Crippen LogP contribution < -0.4 is 21.5 Å². The van der Waals surface area contributed by atoms with Crippen LogP contribution in [0.5, 0.6) is 0 Å². The fraction of sp³-hybridized carbons (Fsp3) is 0.850. The highest BCUT2D eigenvalue weighted by molar-refractivity contribution is 6.76. The van der Waals surface area contributed by atoms with Crippen molar-refractivity contribution >= 4 is 15.6 Å². The van der Waals surface area contributed by atoms with Gasteiger partial charge < -0.3 is 30.9 Å². The molecule has 0 bridgehead atoms. The van der Waals surface area contributed by atoms with E-state index in [1.807, 2.05) is 0 Å². The lowest BCUT2D eigenvalue weighted by atomic mass is 9.92. The van der Waals surface area contributed by atoms with E-state index < -0.39 is 20.7 Å². The lowest BCUT2D eigenvalue weighted by Gasteiger charge is -2.33. The lowest BCUT2D eigenvalue weighted by Crippen LogP contribution is -2.71. The van der Waals surface area contributed by atoms with E-state index in [2.05, 4.69) is 62.4 Å². The van der Waals surface area contributed by atoms with E-state index >= 15 is 0 Å². The lowest BCUT2D eigenvalue weighted by molar-refractivity contribution is -0.481. The zero-order valence-corrected chi connectivity index (χ0v) is 21.7. The molecule has 0 radical (unpaired) electrons. The minimum absolute atomic E-state index is 0.375. The first kappa shape index (κ1) is 34.1. The normalized spacial score (nSPS) is 11.5. The molecule has 0 aromatic heterocycles. The SMILES string of the molecule is CCC([NH3+])(CC)CC.CCC([NH3+])(CC)CC.C[Si](C)(OOB([O-])[O-])C(C#N)(C#N)C#N. The van der Waals surface area contributed by atoms with E-state index in [-0.39, 0.29) is 0 Å². The van der Waals surface area contributed by atoms with Crippen LogP contribution in [0.2, 0.25) is 18.1 Å². The maximum absolute atomic E-state index is 10.0. The Kier molecular flexibility index (Phi) is 17.8. The summed E-state index contributed by atoms with van der Waals surface area (Å²) in [6.45, 7) is 15.9. The quantitative estimate of drug-likeness (QED) is 0.273. The van der Waals surface area contributed by atoms with Gasteiger partial charge in [0.25, 0.3) is 8.32 Å². The molecule has 178 valence electrons. The third-order valence-corrected chi connectivity index (χ3v) is 8.90. The number of rotatable bonds is 10. The smallest absolute Gasteiger partial charge is 0.282 e. The third kappa shape index (κ3) is 12.2. The molecule has 0 aliphatic carbocycles. The first-order chi connectivity index (χ1) is 14.2. The highest BCUT2D eigenvalue weighted by atomic mass is 28.4. The van der Waals surface area contributed by atoms with Crippen molar-refractivity contribution < 1.29 is 30.9 Å². The zero-order chi connectivity index (χ0) is 25.4. The molecule has 0 amide bonds. The van der Waals surface area contributed by atoms with Gasteiger partial charge in [0.05, 0.1) is 29.3 Å². The summed E-state index contributed by atoms with van der Waals surface area (Å²) in [5, 5.41) is 44.2. The Morgan fingerprint density at radius 1 is 0.742 bits per heavy atom. The summed E-state index contributed by atoms with van der Waals surface area (Å²) in [5.74, 6) is 0. The fourth-order valence-corrected chi connectivity index (χ4v) is 3.45. The van der Waals surface area contributed by atoms with Crippen LogP contribution in [0.4, 0.5) is 0 Å². The second-order valence-corrected chi connectivity index (χ2v) is 12.1. The molecule has 0 aliphatic heterocycles. The van der Waals surface area contributed by atoms with Gasteiger partial charge in [-0.05, 0) is 51.6 Å². The van der Waals surface area contributed by atoms with E-state index in [0.29, 0.717) is 11.1 Å². The predicted octanol–water partition coefficient (Wildman–Crippen LogP) is 0.551. The van der Waals surface area contributed by atoms with Gasteiger partial charge in [0, 0.05) is 0 Å². The van der Waals surface area contributed by atoms with Gasteiger partial charge >= 0.3 is 0 Å². The number of nitrogens with zero attached hydrogens (tertiary/aromatic N) is 3. The van der Waals surface area contributed by atoms with Gasteiger partial charge in [-0.2, -0.15) is 15.8 Å². The maximum atomic E-state index is 10.0. The Labute approximate surface area is 190 Å². The fourth-order valence-electron chi connectivity index (χ4n) is 2.20. The molecule has 0 saturated carbocycles. The van der Waals surface area contributed by atoms with E-state index in [1.54, 1.807) is 0 Å². The van der Waals surface area contributed by atoms with Crippen LogP contribution in [0, 0.1) is 34.0 Å². The highest BCUT2D eigenvalue weighted by Crippen LogP contribution is 2.36. The molecule has 0 heterocycles. The predicted molar refractivity (Wildman–Crippen MR) is 118 cm³/mol. The molecule has 31 heavy (non-hydrogen) atoms. The third-order valence-electron chi connectivity index (χ3n) is 6.24. The van der Waals surface area contributed by atoms with Gasteiger partial charge in [0.2, 0.25) is 5.04 Å². The standard InChI is InChI=1S/2C7H17N.C6H6BN3O4Si/c2*1-4-7(8,5-2)6-3;1-15(2,14-13-7(11)12)6(3-8,4-9)5-10/h2*4-6,8H2,1-3H3;1-2H3/q;;-2/p+2. The molecule has 0 atom stereocenters. The maximum Gasteiger partial charge on any atom is 0.282 e. The summed E-state index contributed by atoms with van der Waals surface area (Å²) in [6.07, 6.45) is 7.25. The van der Waals surface area contributed by atoms with Crippen molar-refractivity contribution in [1.82, 2.24) is 0 Å². The van der Waals surface area contributed by atoms with Gasteiger partial charge in [0.15, 0.2) is 0 Å². The topological polar surface area (TPSA) is 191 Å². The van der Waals surface area contributed by atoms with Gasteiger partial charge in [-0.1, -0.05) is 41.5 Å². The molecule has 6 N–H and O–H groups in total. The van der Waals surface area contributed by atoms with E-state index in [4.69, 9.17) is 15.8 Å². The van der Waals surface area contributed by atoms with Crippen LogP contribution in [-0.2, 0) is 9.38 Å². The highest BCUT2D eigenvalue weighted by Gasteiger charge is 2.52. The Morgan fingerprint density at radius 2 is 1.00 bits per heavy atom. The van der Waals surface area contributed by atoms with Crippen LogP contribution in [-0.4, -0.2) is 26.7 Å². The van der Waals surface area contributed by atoms with Crippen LogP contribution in [0.1, 0.15) is 80.1 Å². The average molecular weight is 455 g/mol. The molecule has 0 saturated heterocycles. The number of hydrogen-bond donors (Lipinski definition) is 2. The van der Waals surface area contributed by atoms with Gasteiger partial charge in [-0.15, -0.1) is 0 Å². The van der Waals surface area contributed by atoms with Crippen molar-refractivity contribution in [2.24, 2.45) is 0 Å². The van der Waals surface area contributed by atoms with E-state index in [0.717, 1.165) is 0 Å². The molecule has 0 rings (SSSR count). The van der Waals surface area contributed by atoms with Crippen molar-refractivity contribution in [3.8, 4) is 18.2 Å². The number of quaternary nitrogens is 2. The van der Waals surface area contributed by atoms with E-state index in [9.17, 15) is 10.0 Å². The summed E-state index contributed by atoms with van der Waals surface area (Å²) in [4.78, 5) is 3.82. The summed E-state index contributed by atoms with van der Waals surface area (Å²) in [5.41, 5.74) is 9.00. The van der Waals surface area contributed by atoms with Crippen LogP contribution in [0.3, 0.4) is 0 Å². The summed E-state index contributed by atoms with van der Waals surface area (Å²) < 4.78 is 4.48. The molecular weight excluding hydrogens is 413 g/mol. The second kappa shape index (κ2) is 16.2. The Balaban J connectivity index is -0.000000415. The van der Waals surface area contributed by atoms with Crippen molar-refractivity contribution in [3.05, 3.63) is 0 Å². The van der Waals surface area contributed by atoms with Gasteiger partial charge in [0.1, 0.15) is 7.32 Å². The summed E-state index contributed by atoms with van der Waals surface area (Å²) in [6, 6.07) is 4.53. The summed E-state index contributed by atoms with van der Waals surface area (Å²) in [7, 11) is -5.93. The molecular formula is C20H42BN5O4Si. The van der Waals surface area contributed by atoms with Crippen molar-refractivity contribution in [2.45, 2.75) is 109 Å². The number of hydrogen-bond acceptors (Lipinski definition) is 7. The monoisotopic (exact) mass is 455 g/mol. The van der Waals surface area contributed by atoms with Crippen LogP contribution in [0.25, 0.3) is 0 Å². The van der Waals surface area contributed by atoms with Crippen LogP contribution in [0.15, 0.2) is 0 Å².